The van der Waals surface area contributed by atoms with Crippen molar-refractivity contribution in [2.24, 2.45) is 0 Å². The average Bonchev–Trinajstić information content (AvgIpc) is 2.28. The van der Waals surface area contributed by atoms with E-state index < -0.39 is 6.43 Å². The van der Waals surface area contributed by atoms with E-state index in [2.05, 4.69) is 4.98 Å². The van der Waals surface area contributed by atoms with Crippen LogP contribution in [0.15, 0.2) is 24.3 Å². The summed E-state index contributed by atoms with van der Waals surface area (Å²) in [6.45, 7) is 2.02. The smallest absolute Gasteiger partial charge is 0.247 e. The Morgan fingerprint density at radius 1 is 1.31 bits per heavy atom. The summed E-state index contributed by atoms with van der Waals surface area (Å²) in [5.41, 5.74) is 1.35. The summed E-state index contributed by atoms with van der Waals surface area (Å²) in [6, 6.07) is 6.72. The number of nitrogens with zero attached hydrogens (tertiary/aromatic N) is 1. The lowest BCUT2D eigenvalue weighted by Gasteiger charge is -2.06. The van der Waals surface area contributed by atoms with Crippen LogP contribution in [0.3, 0.4) is 0 Å². The van der Waals surface area contributed by atoms with Crippen LogP contribution in [-0.2, 0) is 6.42 Å². The zero-order chi connectivity index (χ0) is 11.7. The molecule has 0 atom stereocenters. The third-order valence-electron chi connectivity index (χ3n) is 2.47. The number of fused-ring (bicyclic) bond motifs is 1. The van der Waals surface area contributed by atoms with Gasteiger partial charge in [-0.05, 0) is 30.2 Å². The quantitative estimate of drug-likeness (QED) is 0.760. The van der Waals surface area contributed by atoms with Crippen LogP contribution >= 0.6 is 11.6 Å². The van der Waals surface area contributed by atoms with Gasteiger partial charge in [-0.3, -0.25) is 0 Å². The maximum absolute atomic E-state index is 12.5. The molecule has 1 heterocycles. The van der Waals surface area contributed by atoms with E-state index in [0.29, 0.717) is 10.5 Å². The molecule has 0 aliphatic heterocycles. The Hall–Kier alpha value is -1.22. The Morgan fingerprint density at radius 2 is 2.06 bits per heavy atom. The van der Waals surface area contributed by atoms with Gasteiger partial charge in [0.15, 0.2) is 0 Å². The summed E-state index contributed by atoms with van der Waals surface area (Å²) in [5, 5.41) is 1.06. The number of hydrogen-bond donors (Lipinski definition) is 0. The van der Waals surface area contributed by atoms with E-state index in [1.807, 2.05) is 19.1 Å². The molecule has 84 valence electrons. The molecule has 0 spiro atoms. The Labute approximate surface area is 97.1 Å². The topological polar surface area (TPSA) is 12.9 Å². The van der Waals surface area contributed by atoms with E-state index in [9.17, 15) is 8.78 Å². The molecular formula is C12H10ClF2N. The number of hydrogen-bond acceptors (Lipinski definition) is 1. The van der Waals surface area contributed by atoms with Gasteiger partial charge in [-0.1, -0.05) is 24.6 Å². The summed E-state index contributed by atoms with van der Waals surface area (Å²) in [5.74, 6) is 0. The minimum atomic E-state index is -2.59. The van der Waals surface area contributed by atoms with Crippen molar-refractivity contribution in [2.75, 3.05) is 0 Å². The van der Waals surface area contributed by atoms with Gasteiger partial charge in [0, 0.05) is 5.39 Å². The number of benzene rings is 1. The van der Waals surface area contributed by atoms with Crippen molar-refractivity contribution in [3.8, 4) is 0 Å². The van der Waals surface area contributed by atoms with Crippen LogP contribution in [0.1, 0.15) is 24.6 Å². The molecule has 16 heavy (non-hydrogen) atoms. The van der Waals surface area contributed by atoms with Crippen molar-refractivity contribution < 1.29 is 8.78 Å². The Balaban J connectivity index is 2.66. The van der Waals surface area contributed by atoms with Crippen LogP contribution in [-0.4, -0.2) is 4.98 Å². The third kappa shape index (κ3) is 2.00. The molecule has 1 aromatic heterocycles. The van der Waals surface area contributed by atoms with Crippen LogP contribution in [0.25, 0.3) is 10.9 Å². The third-order valence-corrected chi connectivity index (χ3v) is 2.79. The first kappa shape index (κ1) is 11.3. The summed E-state index contributed by atoms with van der Waals surface area (Å²) in [7, 11) is 0. The molecule has 1 aromatic carbocycles. The highest BCUT2D eigenvalue weighted by molar-refractivity contribution is 6.35. The molecule has 0 aliphatic rings. The normalized spacial score (nSPS) is 11.3. The lowest BCUT2D eigenvalue weighted by atomic mass is 10.1. The predicted molar refractivity (Wildman–Crippen MR) is 61.1 cm³/mol. The molecule has 0 radical (unpaired) electrons. The number of pyridine rings is 1. The molecule has 0 saturated carbocycles. The Morgan fingerprint density at radius 3 is 2.69 bits per heavy atom. The lowest BCUT2D eigenvalue weighted by Crippen LogP contribution is -1.92. The van der Waals surface area contributed by atoms with Crippen molar-refractivity contribution in [1.82, 2.24) is 4.98 Å². The van der Waals surface area contributed by atoms with Gasteiger partial charge in [0.2, 0.25) is 0 Å². The van der Waals surface area contributed by atoms with E-state index in [1.165, 1.54) is 6.07 Å². The second-order valence-corrected chi connectivity index (χ2v) is 3.94. The van der Waals surface area contributed by atoms with Gasteiger partial charge in [0.1, 0.15) is 5.69 Å². The lowest BCUT2D eigenvalue weighted by molar-refractivity contribution is 0.146. The van der Waals surface area contributed by atoms with Crippen molar-refractivity contribution >= 4 is 22.5 Å². The monoisotopic (exact) mass is 241 g/mol. The highest BCUT2D eigenvalue weighted by Crippen LogP contribution is 2.28. The highest BCUT2D eigenvalue weighted by Gasteiger charge is 2.12. The Kier molecular flexibility index (Phi) is 3.06. The molecule has 2 aromatic rings. The molecule has 0 unspecified atom stereocenters. The maximum Gasteiger partial charge on any atom is 0.280 e. The van der Waals surface area contributed by atoms with Crippen LogP contribution in [0.5, 0.6) is 0 Å². The molecular weight excluding hydrogens is 232 g/mol. The average molecular weight is 242 g/mol. The number of halogens is 3. The first-order chi connectivity index (χ1) is 7.61. The van der Waals surface area contributed by atoms with Gasteiger partial charge < -0.3 is 0 Å². The fraction of sp³-hybridized carbons (Fsp3) is 0.250. The van der Waals surface area contributed by atoms with Gasteiger partial charge in [-0.15, -0.1) is 0 Å². The molecule has 1 nitrogen and oxygen atoms in total. The summed E-state index contributed by atoms with van der Waals surface area (Å²) < 4.78 is 25.0. The van der Waals surface area contributed by atoms with Crippen LogP contribution in [0, 0.1) is 0 Å². The van der Waals surface area contributed by atoms with Gasteiger partial charge in [0.05, 0.1) is 10.5 Å². The zero-order valence-electron chi connectivity index (χ0n) is 8.67. The van der Waals surface area contributed by atoms with Crippen molar-refractivity contribution in [1.29, 1.82) is 0 Å². The fourth-order valence-electron chi connectivity index (χ4n) is 1.58. The van der Waals surface area contributed by atoms with Crippen molar-refractivity contribution in [2.45, 2.75) is 19.8 Å². The molecule has 0 amide bonds. The Bertz CT molecular complexity index is 526. The largest absolute Gasteiger partial charge is 0.280 e. The molecule has 0 bridgehead atoms. The second-order valence-electron chi connectivity index (χ2n) is 3.53. The molecule has 2 rings (SSSR count). The zero-order valence-corrected chi connectivity index (χ0v) is 9.43. The SMILES string of the molecule is CCc1ccc2nc(C(F)F)cc(Cl)c2c1. The summed E-state index contributed by atoms with van der Waals surface area (Å²) in [6.07, 6.45) is -1.71. The standard InChI is InChI=1S/C12H10ClF2N/c1-2-7-3-4-10-8(5-7)9(13)6-11(16-10)12(14)15/h3-6,12H,2H2,1H3. The van der Waals surface area contributed by atoms with Crippen molar-refractivity contribution in [3.63, 3.8) is 0 Å². The minimum Gasteiger partial charge on any atom is -0.247 e. The fourth-order valence-corrected chi connectivity index (χ4v) is 1.85. The van der Waals surface area contributed by atoms with E-state index in [0.717, 1.165) is 17.4 Å². The van der Waals surface area contributed by atoms with Gasteiger partial charge >= 0.3 is 0 Å². The molecule has 0 aliphatic carbocycles. The molecule has 0 saturated heterocycles. The number of aryl methyl sites for hydroxylation is 1. The number of rotatable bonds is 2. The first-order valence-corrected chi connectivity index (χ1v) is 5.37. The van der Waals surface area contributed by atoms with Crippen LogP contribution in [0.4, 0.5) is 8.78 Å². The van der Waals surface area contributed by atoms with E-state index >= 15 is 0 Å². The minimum absolute atomic E-state index is 0.276. The van der Waals surface area contributed by atoms with E-state index in [4.69, 9.17) is 11.6 Å². The van der Waals surface area contributed by atoms with E-state index in [1.54, 1.807) is 6.07 Å². The number of alkyl halides is 2. The molecule has 0 fully saturated rings. The van der Waals surface area contributed by atoms with Crippen LogP contribution in [0.2, 0.25) is 5.02 Å². The second kappa shape index (κ2) is 4.34. The van der Waals surface area contributed by atoms with Gasteiger partial charge in [0.25, 0.3) is 6.43 Å². The van der Waals surface area contributed by atoms with Gasteiger partial charge in [-0.2, -0.15) is 0 Å². The summed E-state index contributed by atoms with van der Waals surface area (Å²) >= 11 is 5.96. The highest BCUT2D eigenvalue weighted by atomic mass is 35.5. The summed E-state index contributed by atoms with van der Waals surface area (Å²) in [4.78, 5) is 3.88. The predicted octanol–water partition coefficient (Wildman–Crippen LogP) is 4.39. The molecule has 0 N–H and O–H groups in total. The van der Waals surface area contributed by atoms with Crippen molar-refractivity contribution in [3.05, 3.63) is 40.5 Å². The van der Waals surface area contributed by atoms with Gasteiger partial charge in [-0.25, -0.2) is 13.8 Å². The van der Waals surface area contributed by atoms with Crippen LogP contribution < -0.4 is 0 Å². The first-order valence-electron chi connectivity index (χ1n) is 4.99. The van der Waals surface area contributed by atoms with E-state index in [-0.39, 0.29) is 5.69 Å². The molecule has 4 heteroatoms. The maximum atomic E-state index is 12.5. The number of aromatic nitrogens is 1.